The molecule has 0 bridgehead atoms. The first-order chi connectivity index (χ1) is 8.84. The van der Waals surface area contributed by atoms with Crippen molar-refractivity contribution in [1.29, 1.82) is 0 Å². The fraction of sp³-hybridized carbons (Fsp3) is 0.500. The van der Waals surface area contributed by atoms with Crippen LogP contribution in [-0.2, 0) is 22.1 Å². The predicted octanol–water partition coefficient (Wildman–Crippen LogP) is 3.49. The summed E-state index contributed by atoms with van der Waals surface area (Å²) in [6, 6.07) is 4.71. The van der Waals surface area contributed by atoms with Crippen LogP contribution in [0.1, 0.15) is 24.5 Å². The van der Waals surface area contributed by atoms with E-state index in [-0.39, 0.29) is 18.1 Å². The Hall–Kier alpha value is -1.36. The van der Waals surface area contributed by atoms with Crippen LogP contribution in [0.3, 0.4) is 0 Å². The number of halogens is 3. The molecule has 0 spiro atoms. The Bertz CT molecular complexity index is 410. The first-order valence-corrected chi connectivity index (χ1v) is 6.02. The zero-order chi connectivity index (χ0) is 14.5. The van der Waals surface area contributed by atoms with E-state index in [0.29, 0.717) is 18.6 Å². The normalized spacial score (nSPS) is 13.3. The fourth-order valence-corrected chi connectivity index (χ4v) is 1.64. The van der Waals surface area contributed by atoms with Gasteiger partial charge in [0.05, 0.1) is 5.56 Å². The number of hydrogen-bond donors (Lipinski definition) is 0. The molecule has 0 heterocycles. The maximum Gasteiger partial charge on any atom is 0.416 e. The van der Waals surface area contributed by atoms with Gasteiger partial charge in [-0.15, -0.1) is 0 Å². The summed E-state index contributed by atoms with van der Waals surface area (Å²) in [5.41, 5.74) is -0.0987. The van der Waals surface area contributed by atoms with E-state index in [4.69, 9.17) is 4.74 Å². The number of Topliss-reactive ketones (excluding diaryl/α,β-unsaturated/α-hetero) is 1. The van der Waals surface area contributed by atoms with E-state index in [1.165, 1.54) is 12.1 Å². The smallest absolute Gasteiger partial charge is 0.385 e. The molecule has 0 amide bonds. The molecule has 1 aromatic carbocycles. The van der Waals surface area contributed by atoms with Crippen LogP contribution >= 0.6 is 0 Å². The van der Waals surface area contributed by atoms with Gasteiger partial charge in [0.1, 0.15) is 5.78 Å². The van der Waals surface area contributed by atoms with Gasteiger partial charge in [0.25, 0.3) is 0 Å². The monoisotopic (exact) mass is 274 g/mol. The van der Waals surface area contributed by atoms with Gasteiger partial charge in [-0.1, -0.05) is 19.1 Å². The van der Waals surface area contributed by atoms with Crippen molar-refractivity contribution in [2.24, 2.45) is 5.92 Å². The van der Waals surface area contributed by atoms with E-state index in [1.807, 2.05) is 0 Å². The van der Waals surface area contributed by atoms with Crippen LogP contribution in [0.15, 0.2) is 24.3 Å². The van der Waals surface area contributed by atoms with Gasteiger partial charge in [-0.25, -0.2) is 0 Å². The van der Waals surface area contributed by atoms with E-state index in [9.17, 15) is 18.0 Å². The number of ketones is 1. The Morgan fingerprint density at radius 3 is 2.32 bits per heavy atom. The van der Waals surface area contributed by atoms with Crippen LogP contribution in [0.25, 0.3) is 0 Å². The molecule has 0 aliphatic carbocycles. The summed E-state index contributed by atoms with van der Waals surface area (Å²) in [7, 11) is 1.56. The van der Waals surface area contributed by atoms with Crippen molar-refractivity contribution in [2.45, 2.75) is 25.9 Å². The first kappa shape index (κ1) is 15.7. The van der Waals surface area contributed by atoms with Gasteiger partial charge < -0.3 is 4.74 Å². The average Bonchev–Trinajstić information content (AvgIpc) is 2.35. The Morgan fingerprint density at radius 2 is 1.84 bits per heavy atom. The first-order valence-electron chi connectivity index (χ1n) is 6.02. The van der Waals surface area contributed by atoms with E-state index in [1.54, 1.807) is 14.0 Å². The van der Waals surface area contributed by atoms with Crippen molar-refractivity contribution in [3.63, 3.8) is 0 Å². The molecule has 2 nitrogen and oxygen atoms in total. The second kappa shape index (κ2) is 6.70. The number of methoxy groups -OCH3 is 1. The number of ether oxygens (including phenoxy) is 1. The number of hydrogen-bond acceptors (Lipinski definition) is 2. The molecule has 0 N–H and O–H groups in total. The van der Waals surface area contributed by atoms with Crippen molar-refractivity contribution < 1.29 is 22.7 Å². The lowest BCUT2D eigenvalue weighted by molar-refractivity contribution is -0.137. The zero-order valence-corrected chi connectivity index (χ0v) is 11.0. The number of alkyl halides is 3. The number of carbonyl (C=O) groups excluding carboxylic acids is 1. The maximum absolute atomic E-state index is 12.4. The predicted molar refractivity (Wildman–Crippen MR) is 65.8 cm³/mol. The zero-order valence-electron chi connectivity index (χ0n) is 11.0. The second-order valence-corrected chi connectivity index (χ2v) is 4.52. The molecule has 0 radical (unpaired) electrons. The summed E-state index contributed by atoms with van der Waals surface area (Å²) < 4.78 is 42.0. The van der Waals surface area contributed by atoms with Crippen molar-refractivity contribution in [2.75, 3.05) is 13.7 Å². The quantitative estimate of drug-likeness (QED) is 0.793. The van der Waals surface area contributed by atoms with Crippen LogP contribution in [-0.4, -0.2) is 19.5 Å². The van der Waals surface area contributed by atoms with Crippen molar-refractivity contribution >= 4 is 5.78 Å². The average molecular weight is 274 g/mol. The molecule has 0 fully saturated rings. The Labute approximate surface area is 110 Å². The fourth-order valence-electron chi connectivity index (χ4n) is 1.64. The van der Waals surface area contributed by atoms with Gasteiger partial charge >= 0.3 is 6.18 Å². The minimum atomic E-state index is -4.34. The minimum Gasteiger partial charge on any atom is -0.385 e. The largest absolute Gasteiger partial charge is 0.416 e. The molecule has 0 aromatic heterocycles. The standard InChI is InChI=1S/C14H17F3O2/c1-10(7-8-19-2)13(18)9-11-3-5-12(6-4-11)14(15,16)17/h3-6,10H,7-9H2,1-2H3. The SMILES string of the molecule is COCCC(C)C(=O)Cc1ccc(C(F)(F)F)cc1. The van der Waals surface area contributed by atoms with Gasteiger partial charge in [0.2, 0.25) is 0 Å². The minimum absolute atomic E-state index is 0.0109. The molecule has 0 aliphatic heterocycles. The highest BCUT2D eigenvalue weighted by Gasteiger charge is 2.30. The molecule has 0 aliphatic rings. The van der Waals surface area contributed by atoms with Crippen LogP contribution in [0, 0.1) is 5.92 Å². The highest BCUT2D eigenvalue weighted by atomic mass is 19.4. The van der Waals surface area contributed by atoms with Gasteiger partial charge in [-0.2, -0.15) is 13.2 Å². The van der Waals surface area contributed by atoms with Crippen LogP contribution < -0.4 is 0 Å². The number of carbonyl (C=O) groups is 1. The van der Waals surface area contributed by atoms with Crippen LogP contribution in [0.2, 0.25) is 0 Å². The summed E-state index contributed by atoms with van der Waals surface area (Å²) in [5.74, 6) is -0.140. The van der Waals surface area contributed by atoms with E-state index in [2.05, 4.69) is 0 Å². The van der Waals surface area contributed by atoms with Gasteiger partial charge in [0.15, 0.2) is 0 Å². The lowest BCUT2D eigenvalue weighted by Crippen LogP contribution is -2.15. The van der Waals surface area contributed by atoms with Crippen molar-refractivity contribution in [1.82, 2.24) is 0 Å². The van der Waals surface area contributed by atoms with Gasteiger partial charge in [-0.05, 0) is 24.1 Å². The highest BCUT2D eigenvalue weighted by molar-refractivity contribution is 5.82. The van der Waals surface area contributed by atoms with E-state index in [0.717, 1.165) is 12.1 Å². The lowest BCUT2D eigenvalue weighted by atomic mass is 9.96. The second-order valence-electron chi connectivity index (χ2n) is 4.52. The Kier molecular flexibility index (Phi) is 5.54. The van der Waals surface area contributed by atoms with Gasteiger partial charge in [0, 0.05) is 26.1 Å². The molecular weight excluding hydrogens is 257 g/mol. The lowest BCUT2D eigenvalue weighted by Gasteiger charge is -2.11. The van der Waals surface area contributed by atoms with Crippen molar-refractivity contribution in [3.8, 4) is 0 Å². The summed E-state index contributed by atoms with van der Waals surface area (Å²) in [5, 5.41) is 0. The molecule has 5 heteroatoms. The summed E-state index contributed by atoms with van der Waals surface area (Å²) in [6.07, 6.45) is -3.56. The molecule has 1 atom stereocenters. The van der Waals surface area contributed by atoms with Gasteiger partial charge in [-0.3, -0.25) is 4.79 Å². The Balaban J connectivity index is 2.60. The topological polar surface area (TPSA) is 26.3 Å². The molecule has 19 heavy (non-hydrogen) atoms. The molecule has 1 unspecified atom stereocenters. The number of benzene rings is 1. The van der Waals surface area contributed by atoms with E-state index < -0.39 is 11.7 Å². The molecule has 1 aromatic rings. The molecular formula is C14H17F3O2. The highest BCUT2D eigenvalue weighted by Crippen LogP contribution is 2.29. The Morgan fingerprint density at radius 1 is 1.26 bits per heavy atom. The molecule has 1 rings (SSSR count). The number of rotatable bonds is 6. The third-order valence-electron chi connectivity index (χ3n) is 2.96. The van der Waals surface area contributed by atoms with Crippen LogP contribution in [0.5, 0.6) is 0 Å². The summed E-state index contributed by atoms with van der Waals surface area (Å²) in [6.45, 7) is 2.30. The molecule has 106 valence electrons. The van der Waals surface area contributed by atoms with E-state index >= 15 is 0 Å². The third-order valence-corrected chi connectivity index (χ3v) is 2.96. The molecule has 0 saturated heterocycles. The third kappa shape index (κ3) is 5.03. The molecule has 0 saturated carbocycles. The van der Waals surface area contributed by atoms with Crippen LogP contribution in [0.4, 0.5) is 13.2 Å². The van der Waals surface area contributed by atoms with Crippen molar-refractivity contribution in [3.05, 3.63) is 35.4 Å². The maximum atomic E-state index is 12.4. The summed E-state index contributed by atoms with van der Waals surface area (Å²) >= 11 is 0. The summed E-state index contributed by atoms with van der Waals surface area (Å²) in [4.78, 5) is 11.8.